The van der Waals surface area contributed by atoms with Crippen LogP contribution in [0.1, 0.15) is 213 Å². The lowest BCUT2D eigenvalue weighted by Gasteiger charge is -2.40. The molecule has 12 nitrogen and oxygen atoms in total. The third kappa shape index (κ3) is 40.3. The standard InChI is InChI=1S/C63H100O12/c1-4-7-10-13-16-19-22-24-26-27-28-29-31-32-35-37-40-43-46-49-55(64)71-52-54(73-56(65)50-47-44-41-38-34-21-18-15-12-9-6-3)53-72-63-61(59(68)58(67)60(75-63)62(69)70)74-57(66)51-48-45-42-39-36-33-30-25-23-20-17-14-11-8-5-2/h7-8,10-11,16-17,19-20,24-26,28-30,32,35-36,39,54,58-61,63,67-68H,4-6,9,12-15,18,21-23,27,31,33-34,37-38,40-53H2,1-3H3,(H,69,70)/b10-7-,11-8-,19-16-,20-17-,26-24-,29-28-,30-25-,35-32-,39-36-. The average Bonchev–Trinajstić information content (AvgIpc) is 3.39. The van der Waals surface area contributed by atoms with Crippen molar-refractivity contribution in [1.29, 1.82) is 0 Å². The van der Waals surface area contributed by atoms with Gasteiger partial charge in [0.2, 0.25) is 0 Å². The second-order valence-electron chi connectivity index (χ2n) is 19.2. The number of aliphatic carboxylic acids is 1. The first-order chi connectivity index (χ1) is 36.6. The van der Waals surface area contributed by atoms with Gasteiger partial charge in [-0.3, -0.25) is 14.4 Å². The molecule has 0 amide bonds. The van der Waals surface area contributed by atoms with Gasteiger partial charge < -0.3 is 39.0 Å². The molecule has 424 valence electrons. The zero-order chi connectivity index (χ0) is 54.7. The smallest absolute Gasteiger partial charge is 0.335 e. The molecule has 0 aliphatic carbocycles. The molecule has 12 heteroatoms. The number of ether oxygens (including phenoxy) is 5. The van der Waals surface area contributed by atoms with Gasteiger partial charge in [-0.05, 0) is 103 Å². The summed E-state index contributed by atoms with van der Waals surface area (Å²) in [6, 6.07) is 0. The van der Waals surface area contributed by atoms with E-state index in [0.717, 1.165) is 103 Å². The van der Waals surface area contributed by atoms with Gasteiger partial charge in [0.15, 0.2) is 24.6 Å². The second-order valence-corrected chi connectivity index (χ2v) is 19.2. The lowest BCUT2D eigenvalue weighted by atomic mass is 9.98. The maximum Gasteiger partial charge on any atom is 0.335 e. The largest absolute Gasteiger partial charge is 0.479 e. The number of carbonyl (C=O) groups excluding carboxylic acids is 3. The first kappa shape index (κ1) is 68.4. The molecule has 0 bridgehead atoms. The van der Waals surface area contributed by atoms with E-state index in [1.807, 2.05) is 0 Å². The van der Waals surface area contributed by atoms with Crippen LogP contribution in [0.5, 0.6) is 0 Å². The Hall–Kier alpha value is -4.62. The Kier molecular flexibility index (Phi) is 45.8. The van der Waals surface area contributed by atoms with Gasteiger partial charge in [0.1, 0.15) is 18.8 Å². The third-order valence-corrected chi connectivity index (χ3v) is 12.3. The average molecular weight is 1050 g/mol. The number of esters is 3. The molecule has 1 saturated heterocycles. The Balaban J connectivity index is 2.73. The maximum absolute atomic E-state index is 13.1. The Morgan fingerprint density at radius 3 is 1.31 bits per heavy atom. The Labute approximate surface area is 453 Å². The Morgan fingerprint density at radius 1 is 0.453 bits per heavy atom. The number of carboxylic acid groups (broad SMARTS) is 1. The minimum Gasteiger partial charge on any atom is -0.479 e. The fourth-order valence-corrected chi connectivity index (χ4v) is 7.97. The van der Waals surface area contributed by atoms with Gasteiger partial charge in [0.05, 0.1) is 6.61 Å². The minimum atomic E-state index is -1.93. The van der Waals surface area contributed by atoms with Crippen molar-refractivity contribution in [3.8, 4) is 0 Å². The molecule has 0 saturated carbocycles. The predicted octanol–water partition coefficient (Wildman–Crippen LogP) is 14.7. The van der Waals surface area contributed by atoms with Crippen molar-refractivity contribution in [1.82, 2.24) is 0 Å². The van der Waals surface area contributed by atoms with E-state index in [1.54, 1.807) is 0 Å². The molecule has 0 aromatic rings. The highest BCUT2D eigenvalue weighted by Crippen LogP contribution is 2.26. The van der Waals surface area contributed by atoms with Crippen LogP contribution < -0.4 is 0 Å². The highest BCUT2D eigenvalue weighted by Gasteiger charge is 2.50. The summed E-state index contributed by atoms with van der Waals surface area (Å²) in [7, 11) is 0. The fourth-order valence-electron chi connectivity index (χ4n) is 7.97. The quantitative estimate of drug-likeness (QED) is 0.0228. The number of rotatable bonds is 47. The van der Waals surface area contributed by atoms with Gasteiger partial charge in [-0.25, -0.2) is 4.79 Å². The molecule has 0 aromatic heterocycles. The summed E-state index contributed by atoms with van der Waals surface area (Å²) in [5.41, 5.74) is 0. The van der Waals surface area contributed by atoms with Crippen molar-refractivity contribution >= 4 is 23.9 Å². The van der Waals surface area contributed by atoms with Crippen molar-refractivity contribution in [3.05, 3.63) is 109 Å². The molecule has 1 fully saturated rings. The van der Waals surface area contributed by atoms with E-state index in [0.29, 0.717) is 25.7 Å². The number of aliphatic hydroxyl groups is 2. The molecule has 1 heterocycles. The van der Waals surface area contributed by atoms with E-state index in [1.165, 1.54) is 44.9 Å². The highest BCUT2D eigenvalue weighted by atomic mass is 16.7. The molecular formula is C63H100O12. The Bertz CT molecular complexity index is 1720. The van der Waals surface area contributed by atoms with Gasteiger partial charge in [-0.15, -0.1) is 0 Å². The van der Waals surface area contributed by atoms with E-state index in [-0.39, 0.29) is 25.9 Å². The molecule has 1 rings (SSSR count). The van der Waals surface area contributed by atoms with Gasteiger partial charge >= 0.3 is 23.9 Å². The SMILES string of the molecule is CC/C=C\C/C=C\C/C=C\C/C=C\C/C=C\CCCCCC(=O)OCC(COC1OC(C(=O)O)C(O)C(O)C1OC(=O)CCCC/C=C\C/C=C\C/C=C\C/C=C\CC)OC(=O)CCCCCCCCCCCCC. The van der Waals surface area contributed by atoms with Crippen LogP contribution in [0.4, 0.5) is 0 Å². The van der Waals surface area contributed by atoms with Crippen LogP contribution in [0, 0.1) is 0 Å². The van der Waals surface area contributed by atoms with Crippen LogP contribution in [-0.2, 0) is 42.9 Å². The van der Waals surface area contributed by atoms with Gasteiger partial charge in [-0.1, -0.05) is 201 Å². The molecular weight excluding hydrogens is 949 g/mol. The van der Waals surface area contributed by atoms with Crippen molar-refractivity contribution < 1.29 is 58.2 Å². The van der Waals surface area contributed by atoms with Gasteiger partial charge in [0.25, 0.3) is 0 Å². The molecule has 1 aliphatic heterocycles. The van der Waals surface area contributed by atoms with Crippen LogP contribution in [0.2, 0.25) is 0 Å². The molecule has 6 unspecified atom stereocenters. The summed E-state index contributed by atoms with van der Waals surface area (Å²) in [4.78, 5) is 51.0. The number of hydrogen-bond acceptors (Lipinski definition) is 11. The number of allylic oxidation sites excluding steroid dienone is 18. The topological polar surface area (TPSA) is 175 Å². The number of carboxylic acids is 1. The van der Waals surface area contributed by atoms with Crippen molar-refractivity contribution in [2.45, 2.75) is 250 Å². The lowest BCUT2D eigenvalue weighted by Crippen LogP contribution is -2.61. The summed E-state index contributed by atoms with van der Waals surface area (Å²) in [5.74, 6) is -3.23. The van der Waals surface area contributed by atoms with Crippen molar-refractivity contribution in [2.24, 2.45) is 0 Å². The lowest BCUT2D eigenvalue weighted by molar-refractivity contribution is -0.301. The van der Waals surface area contributed by atoms with Crippen LogP contribution in [0.25, 0.3) is 0 Å². The second kappa shape index (κ2) is 50.2. The summed E-state index contributed by atoms with van der Waals surface area (Å²) in [6.45, 7) is 5.69. The van der Waals surface area contributed by atoms with E-state index < -0.39 is 67.3 Å². The van der Waals surface area contributed by atoms with Crippen LogP contribution >= 0.6 is 0 Å². The molecule has 1 aliphatic rings. The third-order valence-electron chi connectivity index (χ3n) is 12.3. The van der Waals surface area contributed by atoms with E-state index in [2.05, 4.69) is 130 Å². The number of hydrogen-bond donors (Lipinski definition) is 3. The summed E-state index contributed by atoms with van der Waals surface area (Å²) in [6.07, 6.45) is 55.0. The summed E-state index contributed by atoms with van der Waals surface area (Å²) >= 11 is 0. The van der Waals surface area contributed by atoms with E-state index in [4.69, 9.17) is 23.7 Å². The predicted molar refractivity (Wildman–Crippen MR) is 303 cm³/mol. The first-order valence-corrected chi connectivity index (χ1v) is 28.9. The molecule has 75 heavy (non-hydrogen) atoms. The van der Waals surface area contributed by atoms with E-state index in [9.17, 15) is 34.5 Å². The summed E-state index contributed by atoms with van der Waals surface area (Å²) < 4.78 is 28.3. The van der Waals surface area contributed by atoms with Crippen molar-refractivity contribution in [2.75, 3.05) is 13.2 Å². The minimum absolute atomic E-state index is 0.000531. The van der Waals surface area contributed by atoms with Crippen molar-refractivity contribution in [3.63, 3.8) is 0 Å². The molecule has 0 radical (unpaired) electrons. The fraction of sp³-hybridized carbons (Fsp3) is 0.651. The van der Waals surface area contributed by atoms with Crippen LogP contribution in [-0.4, -0.2) is 89.2 Å². The highest BCUT2D eigenvalue weighted by molar-refractivity contribution is 5.74. The summed E-state index contributed by atoms with van der Waals surface area (Å²) in [5, 5.41) is 31.4. The Morgan fingerprint density at radius 2 is 0.840 bits per heavy atom. The van der Waals surface area contributed by atoms with Crippen LogP contribution in [0.3, 0.4) is 0 Å². The molecule has 0 spiro atoms. The zero-order valence-corrected chi connectivity index (χ0v) is 46.5. The molecule has 6 atom stereocenters. The normalized spacial score (nSPS) is 19.0. The molecule has 0 aromatic carbocycles. The number of carbonyl (C=O) groups is 4. The van der Waals surface area contributed by atoms with E-state index >= 15 is 0 Å². The maximum atomic E-state index is 13.1. The van der Waals surface area contributed by atoms with Gasteiger partial charge in [0, 0.05) is 19.3 Å². The zero-order valence-electron chi connectivity index (χ0n) is 46.5. The van der Waals surface area contributed by atoms with Crippen LogP contribution in [0.15, 0.2) is 109 Å². The number of unbranched alkanes of at least 4 members (excludes halogenated alkanes) is 15. The van der Waals surface area contributed by atoms with Gasteiger partial charge in [-0.2, -0.15) is 0 Å². The first-order valence-electron chi connectivity index (χ1n) is 28.9. The number of aliphatic hydroxyl groups excluding tert-OH is 2. The molecule has 3 N–H and O–H groups in total. The monoisotopic (exact) mass is 1050 g/mol.